The molecule has 4 aromatic rings. The van der Waals surface area contributed by atoms with E-state index >= 15 is 0 Å². The standard InChI is InChI=1S/C24H27N3O2S/c1-4-6-16-8-10-17(11-9-16)22(15(2)3)25-13-20-26-23(28)21-18(14-30-24(21)27-20)19-7-5-12-29-19/h5,7-12,14-15,22,25H,4,6,13H2,1-3H3,(H,26,27,28)/p+1/t22-/m1/s1. The number of aryl methyl sites for hydroxylation is 1. The average molecular weight is 423 g/mol. The summed E-state index contributed by atoms with van der Waals surface area (Å²) in [5.41, 5.74) is 3.38. The molecule has 0 saturated carbocycles. The zero-order valence-corrected chi connectivity index (χ0v) is 18.5. The molecule has 0 bridgehead atoms. The summed E-state index contributed by atoms with van der Waals surface area (Å²) in [5.74, 6) is 1.86. The fraction of sp³-hybridized carbons (Fsp3) is 0.333. The van der Waals surface area contributed by atoms with Gasteiger partial charge in [0.2, 0.25) is 0 Å². The van der Waals surface area contributed by atoms with Crippen LogP contribution in [0.1, 0.15) is 50.2 Å². The Hall–Kier alpha value is -2.70. The molecule has 3 aromatic heterocycles. The monoisotopic (exact) mass is 422 g/mol. The average Bonchev–Trinajstić information content (AvgIpc) is 3.39. The number of hydrogen-bond acceptors (Lipinski definition) is 4. The molecule has 1 aromatic carbocycles. The van der Waals surface area contributed by atoms with Crippen LogP contribution in [0.3, 0.4) is 0 Å². The van der Waals surface area contributed by atoms with E-state index in [0.717, 1.165) is 23.2 Å². The van der Waals surface area contributed by atoms with Gasteiger partial charge in [-0.05, 0) is 24.1 Å². The number of furan rings is 1. The van der Waals surface area contributed by atoms with Crippen molar-refractivity contribution in [1.29, 1.82) is 0 Å². The second-order valence-electron chi connectivity index (χ2n) is 8.02. The molecule has 0 saturated heterocycles. The van der Waals surface area contributed by atoms with E-state index in [1.165, 1.54) is 22.5 Å². The number of aromatic nitrogens is 2. The molecule has 1 atom stereocenters. The van der Waals surface area contributed by atoms with Gasteiger partial charge in [0.25, 0.3) is 5.56 Å². The lowest BCUT2D eigenvalue weighted by atomic mass is 9.94. The van der Waals surface area contributed by atoms with E-state index in [0.29, 0.717) is 35.5 Å². The molecule has 0 radical (unpaired) electrons. The summed E-state index contributed by atoms with van der Waals surface area (Å²) in [4.78, 5) is 21.2. The van der Waals surface area contributed by atoms with Crippen molar-refractivity contribution in [2.45, 2.75) is 46.2 Å². The molecule has 0 aliphatic carbocycles. The van der Waals surface area contributed by atoms with Gasteiger partial charge in [0.05, 0.1) is 11.6 Å². The van der Waals surface area contributed by atoms with Crippen LogP contribution in [0.15, 0.2) is 57.3 Å². The summed E-state index contributed by atoms with van der Waals surface area (Å²) in [6.45, 7) is 7.29. The highest BCUT2D eigenvalue weighted by molar-refractivity contribution is 7.17. The van der Waals surface area contributed by atoms with Crippen molar-refractivity contribution in [3.05, 3.63) is 75.3 Å². The van der Waals surface area contributed by atoms with E-state index in [9.17, 15) is 4.79 Å². The van der Waals surface area contributed by atoms with Crippen LogP contribution >= 0.6 is 11.3 Å². The molecule has 4 rings (SSSR count). The lowest BCUT2D eigenvalue weighted by Gasteiger charge is -2.19. The summed E-state index contributed by atoms with van der Waals surface area (Å²) in [6.07, 6.45) is 3.89. The van der Waals surface area contributed by atoms with Gasteiger partial charge in [0.1, 0.15) is 23.2 Å². The van der Waals surface area contributed by atoms with E-state index in [4.69, 9.17) is 9.40 Å². The van der Waals surface area contributed by atoms with Gasteiger partial charge in [-0.1, -0.05) is 51.5 Å². The zero-order chi connectivity index (χ0) is 21.1. The van der Waals surface area contributed by atoms with Crippen molar-refractivity contribution >= 4 is 21.6 Å². The van der Waals surface area contributed by atoms with Crippen molar-refractivity contribution in [3.63, 3.8) is 0 Å². The number of quaternary nitrogens is 1. The Balaban J connectivity index is 1.55. The number of nitrogens with two attached hydrogens (primary N) is 1. The van der Waals surface area contributed by atoms with Crippen molar-refractivity contribution in [3.8, 4) is 11.3 Å². The van der Waals surface area contributed by atoms with E-state index in [2.05, 4.69) is 55.3 Å². The van der Waals surface area contributed by atoms with Crippen LogP contribution in [-0.2, 0) is 13.0 Å². The third-order valence-corrected chi connectivity index (χ3v) is 6.34. The van der Waals surface area contributed by atoms with Crippen LogP contribution in [0.5, 0.6) is 0 Å². The van der Waals surface area contributed by atoms with Crippen molar-refractivity contribution < 1.29 is 9.73 Å². The maximum Gasteiger partial charge on any atom is 0.260 e. The van der Waals surface area contributed by atoms with Crippen LogP contribution in [-0.4, -0.2) is 9.97 Å². The highest BCUT2D eigenvalue weighted by Crippen LogP contribution is 2.30. The first kappa shape index (κ1) is 20.6. The molecule has 0 fully saturated rings. The van der Waals surface area contributed by atoms with Crippen molar-refractivity contribution in [1.82, 2.24) is 9.97 Å². The molecule has 30 heavy (non-hydrogen) atoms. The third kappa shape index (κ3) is 4.25. The Morgan fingerprint density at radius 2 is 2.00 bits per heavy atom. The summed E-state index contributed by atoms with van der Waals surface area (Å²) in [6, 6.07) is 12.9. The molecular formula is C24H28N3O2S+. The molecule has 0 aliphatic heterocycles. The lowest BCUT2D eigenvalue weighted by Crippen LogP contribution is -2.85. The molecule has 6 heteroatoms. The fourth-order valence-corrected chi connectivity index (χ4v) is 4.88. The Bertz CT molecular complexity index is 1160. The molecule has 156 valence electrons. The number of nitrogens with one attached hydrogen (secondary N) is 1. The number of nitrogens with zero attached hydrogens (tertiary/aromatic N) is 1. The molecule has 5 nitrogen and oxygen atoms in total. The summed E-state index contributed by atoms with van der Waals surface area (Å²) < 4.78 is 5.47. The predicted octanol–water partition coefficient (Wildman–Crippen LogP) is 4.66. The number of fused-ring (bicyclic) bond motifs is 1. The van der Waals surface area contributed by atoms with Crippen LogP contribution in [0.4, 0.5) is 0 Å². The summed E-state index contributed by atoms with van der Waals surface area (Å²) >= 11 is 1.48. The first-order chi connectivity index (χ1) is 14.6. The SMILES string of the molecule is CCCc1ccc([C@H]([NH2+]Cc2nc3scc(-c4ccco4)c3c(=O)[nH]2)C(C)C)cc1. The van der Waals surface area contributed by atoms with Crippen LogP contribution < -0.4 is 10.9 Å². The largest absolute Gasteiger partial charge is 0.464 e. The van der Waals surface area contributed by atoms with Gasteiger partial charge >= 0.3 is 0 Å². The first-order valence-electron chi connectivity index (χ1n) is 10.5. The first-order valence-corrected chi connectivity index (χ1v) is 11.4. The number of H-pyrrole nitrogens is 1. The third-order valence-electron chi connectivity index (χ3n) is 5.47. The Morgan fingerprint density at radius 3 is 2.67 bits per heavy atom. The van der Waals surface area contributed by atoms with Gasteiger partial charge in [0.15, 0.2) is 5.82 Å². The minimum atomic E-state index is -0.110. The maximum absolute atomic E-state index is 12.8. The number of rotatable bonds is 8. The van der Waals surface area contributed by atoms with Gasteiger partial charge < -0.3 is 14.7 Å². The Kier molecular flexibility index (Phi) is 6.16. The quantitative estimate of drug-likeness (QED) is 0.434. The van der Waals surface area contributed by atoms with Gasteiger partial charge in [-0.25, -0.2) is 4.98 Å². The number of aromatic amines is 1. The molecule has 3 heterocycles. The Labute approximate surface area is 180 Å². The minimum absolute atomic E-state index is 0.110. The molecule has 0 amide bonds. The van der Waals surface area contributed by atoms with Gasteiger partial charge in [-0.2, -0.15) is 0 Å². The fourth-order valence-electron chi connectivity index (χ4n) is 3.93. The second-order valence-corrected chi connectivity index (χ2v) is 8.88. The minimum Gasteiger partial charge on any atom is -0.464 e. The maximum atomic E-state index is 12.8. The molecule has 0 aliphatic rings. The van der Waals surface area contributed by atoms with E-state index in [1.807, 2.05) is 17.5 Å². The van der Waals surface area contributed by atoms with E-state index in [-0.39, 0.29) is 5.56 Å². The van der Waals surface area contributed by atoms with E-state index in [1.54, 1.807) is 6.26 Å². The van der Waals surface area contributed by atoms with Crippen molar-refractivity contribution in [2.75, 3.05) is 0 Å². The van der Waals surface area contributed by atoms with Crippen LogP contribution in [0.25, 0.3) is 21.5 Å². The molecule has 0 spiro atoms. The van der Waals surface area contributed by atoms with Crippen LogP contribution in [0, 0.1) is 5.92 Å². The zero-order valence-electron chi connectivity index (χ0n) is 17.6. The summed E-state index contributed by atoms with van der Waals surface area (Å²) in [5, 5.41) is 4.81. The van der Waals surface area contributed by atoms with E-state index < -0.39 is 0 Å². The predicted molar refractivity (Wildman–Crippen MR) is 122 cm³/mol. The number of benzene rings is 1. The second kappa shape index (κ2) is 8.98. The summed E-state index contributed by atoms with van der Waals surface area (Å²) in [7, 11) is 0. The lowest BCUT2D eigenvalue weighted by molar-refractivity contribution is -0.718. The van der Waals surface area contributed by atoms with Gasteiger partial charge in [-0.3, -0.25) is 4.79 Å². The molecule has 0 unspecified atom stereocenters. The molecular weight excluding hydrogens is 394 g/mol. The van der Waals surface area contributed by atoms with Gasteiger partial charge in [-0.15, -0.1) is 11.3 Å². The highest BCUT2D eigenvalue weighted by Gasteiger charge is 2.21. The van der Waals surface area contributed by atoms with Crippen molar-refractivity contribution in [2.24, 2.45) is 5.92 Å². The molecule has 3 N–H and O–H groups in total. The van der Waals surface area contributed by atoms with Crippen LogP contribution in [0.2, 0.25) is 0 Å². The topological polar surface area (TPSA) is 75.5 Å². The smallest absolute Gasteiger partial charge is 0.260 e. The van der Waals surface area contributed by atoms with Gasteiger partial charge in [0, 0.05) is 22.4 Å². The number of hydrogen-bond donors (Lipinski definition) is 2. The number of thiophene rings is 1. The Morgan fingerprint density at radius 1 is 1.20 bits per heavy atom. The highest BCUT2D eigenvalue weighted by atomic mass is 32.1. The normalized spacial score (nSPS) is 12.7.